The minimum Gasteiger partial charge on any atom is -0.466 e. The van der Waals surface area contributed by atoms with Gasteiger partial charge in [0.05, 0.1) is 72.5 Å². The van der Waals surface area contributed by atoms with Crippen LogP contribution < -0.4 is 11.1 Å². The Hall–Kier alpha value is -4.84. The summed E-state index contributed by atoms with van der Waals surface area (Å²) in [5.74, 6) is -1.09. The van der Waals surface area contributed by atoms with Gasteiger partial charge < -0.3 is 39.8 Å². The molecule has 0 bridgehead atoms. The summed E-state index contributed by atoms with van der Waals surface area (Å²) >= 11 is 6.42. The van der Waals surface area contributed by atoms with Crippen molar-refractivity contribution in [1.29, 1.82) is 0 Å². The van der Waals surface area contributed by atoms with E-state index in [4.69, 9.17) is 45.6 Å². The molecule has 1 saturated heterocycles. The summed E-state index contributed by atoms with van der Waals surface area (Å²) in [6, 6.07) is 14.5. The third-order valence-electron chi connectivity index (χ3n) is 12.7. The normalized spacial score (nSPS) is 24.6. The van der Waals surface area contributed by atoms with E-state index < -0.39 is 39.5 Å². The van der Waals surface area contributed by atoms with Crippen molar-refractivity contribution in [2.45, 2.75) is 116 Å². The first-order valence-electron chi connectivity index (χ1n) is 23.2. The van der Waals surface area contributed by atoms with Crippen molar-refractivity contribution in [2.75, 3.05) is 33.5 Å². The number of aliphatic hydroxyl groups excluding tert-OH is 1. The van der Waals surface area contributed by atoms with Gasteiger partial charge in [0.15, 0.2) is 0 Å². The molecule has 6 rings (SSSR count). The third-order valence-corrected chi connectivity index (χ3v) is 13.9. The summed E-state index contributed by atoms with van der Waals surface area (Å²) in [6.45, 7) is 14.7. The van der Waals surface area contributed by atoms with E-state index in [2.05, 4.69) is 37.4 Å². The number of dihydropyridines is 1. The van der Waals surface area contributed by atoms with Gasteiger partial charge in [0.25, 0.3) is 10.1 Å². The zero-order valence-electron chi connectivity index (χ0n) is 40.4. The maximum atomic E-state index is 12.9. The Balaban J connectivity index is 0.000000247. The van der Waals surface area contributed by atoms with Crippen molar-refractivity contribution in [3.63, 3.8) is 0 Å². The number of aliphatic hydroxyl groups is 1. The molecule has 2 aromatic carbocycles. The lowest BCUT2D eigenvalue weighted by molar-refractivity contribution is -0.166. The van der Waals surface area contributed by atoms with Crippen LogP contribution in [0.5, 0.6) is 0 Å². The van der Waals surface area contributed by atoms with Crippen LogP contribution in [0.15, 0.2) is 106 Å². The Bertz CT molecular complexity index is 2310. The average molecular weight is 986 g/mol. The van der Waals surface area contributed by atoms with Gasteiger partial charge in [-0.15, -0.1) is 0 Å². The molecular weight excluding hydrogens is 916 g/mol. The highest BCUT2D eigenvalue weighted by atomic mass is 35.5. The van der Waals surface area contributed by atoms with Crippen molar-refractivity contribution in [3.05, 3.63) is 112 Å². The Morgan fingerprint density at radius 3 is 2.25 bits per heavy atom. The van der Waals surface area contributed by atoms with Gasteiger partial charge in [-0.25, -0.2) is 9.59 Å². The number of hydrogen-bond acceptors (Lipinski definition) is 14. The Morgan fingerprint density at radius 2 is 1.66 bits per heavy atom. The largest absolute Gasteiger partial charge is 0.466 e. The highest BCUT2D eigenvalue weighted by Gasteiger charge is 2.44. The molecule has 0 amide bonds. The molecule has 4 aliphatic rings. The maximum Gasteiger partial charge on any atom is 0.336 e. The number of nitrogens with two attached hydrogens (primary N) is 1. The monoisotopic (exact) mass is 984 g/mol. The molecule has 68 heavy (non-hydrogen) atoms. The molecule has 8 atom stereocenters. The molecule has 2 aliphatic heterocycles. The lowest BCUT2D eigenvalue weighted by Gasteiger charge is -2.44. The van der Waals surface area contributed by atoms with Crippen LogP contribution in [0.25, 0.3) is 0 Å². The Labute approximate surface area is 406 Å². The topological polar surface area (TPSA) is 227 Å². The number of carbonyl (C=O) groups is 4. The molecule has 2 heterocycles. The fourth-order valence-electron chi connectivity index (χ4n) is 8.79. The lowest BCUT2D eigenvalue weighted by Crippen LogP contribution is -2.43. The van der Waals surface area contributed by atoms with Crippen LogP contribution in [0.3, 0.4) is 0 Å². The summed E-state index contributed by atoms with van der Waals surface area (Å²) in [5.41, 5.74) is 8.49. The van der Waals surface area contributed by atoms with Crippen LogP contribution in [0.2, 0.25) is 5.02 Å². The van der Waals surface area contributed by atoms with E-state index in [0.29, 0.717) is 64.9 Å². The number of hydrogen-bond donors (Lipinski definition) is 4. The van der Waals surface area contributed by atoms with Crippen LogP contribution in [0, 0.1) is 29.1 Å². The second-order valence-electron chi connectivity index (χ2n) is 18.1. The van der Waals surface area contributed by atoms with Gasteiger partial charge in [-0.05, 0) is 100 Å². The van der Waals surface area contributed by atoms with Gasteiger partial charge >= 0.3 is 23.9 Å². The average Bonchev–Trinajstić information content (AvgIpc) is 3.28. The summed E-state index contributed by atoms with van der Waals surface area (Å²) in [4.78, 5) is 50.0. The smallest absolute Gasteiger partial charge is 0.336 e. The van der Waals surface area contributed by atoms with Crippen molar-refractivity contribution in [3.8, 4) is 0 Å². The zero-order valence-corrected chi connectivity index (χ0v) is 41.9. The van der Waals surface area contributed by atoms with Crippen molar-refractivity contribution in [2.24, 2.45) is 34.8 Å². The van der Waals surface area contributed by atoms with Crippen molar-refractivity contribution >= 4 is 45.6 Å². The third kappa shape index (κ3) is 15.1. The first kappa shape index (κ1) is 55.8. The number of cyclic esters (lactones) is 1. The Kier molecular flexibility index (Phi) is 21.1. The van der Waals surface area contributed by atoms with E-state index >= 15 is 0 Å². The van der Waals surface area contributed by atoms with E-state index in [-0.39, 0.29) is 60.2 Å². The molecule has 17 heteroatoms. The van der Waals surface area contributed by atoms with Crippen LogP contribution in [0.1, 0.15) is 98.5 Å². The standard InChI is InChI=1S/C25H38O5.C20H25ClN2O5.C6H6O3S/c1-6-25(4,5)24(28)30-21-12-15(2)11-17-8-7-16(3)20(23(17)21)10-9-19-13-18(26)14-22(27)29-19;1-4-28-20(25)18-15(11-27-10-9-22)23-12(2)16(19(24)26-3)17(18)13-7-5-6-8-14(13)21;7-10(8,9)6-4-2-1-3-5-6/h7-8,11,15-16,18-21,23,26H,6,9-10,12-14H2,1-5H3;5-8,17,23H,4,9-11,22H2,1-3H3;1-5H,(H,7,8,9)/t15-,16-,18+,19+,20-,21-,23-;;/m0../s1. The van der Waals surface area contributed by atoms with Gasteiger partial charge in [0, 0.05) is 29.6 Å². The second-order valence-corrected chi connectivity index (χ2v) is 19.9. The molecule has 0 saturated carbocycles. The fraction of sp³-hybridized carbons (Fsp3) is 0.529. The number of ether oxygens (including phenoxy) is 5. The number of benzene rings is 2. The summed E-state index contributed by atoms with van der Waals surface area (Å²) in [6.07, 6.45) is 9.61. The van der Waals surface area contributed by atoms with Gasteiger partial charge in [0.2, 0.25) is 0 Å². The van der Waals surface area contributed by atoms with E-state index in [1.54, 1.807) is 56.3 Å². The van der Waals surface area contributed by atoms with Crippen LogP contribution >= 0.6 is 11.6 Å². The number of allylic oxidation sites excluding steroid dienone is 4. The van der Waals surface area contributed by atoms with Crippen LogP contribution in [0.4, 0.5) is 0 Å². The first-order chi connectivity index (χ1) is 32.2. The predicted molar refractivity (Wildman–Crippen MR) is 257 cm³/mol. The van der Waals surface area contributed by atoms with Gasteiger partial charge in [-0.1, -0.05) is 87.0 Å². The molecular formula is C51H69ClN2O13S. The molecule has 2 aliphatic carbocycles. The van der Waals surface area contributed by atoms with Crippen LogP contribution in [-0.4, -0.2) is 93.7 Å². The van der Waals surface area contributed by atoms with E-state index in [9.17, 15) is 32.7 Å². The number of methoxy groups -OCH3 is 1. The van der Waals surface area contributed by atoms with Gasteiger partial charge in [-0.2, -0.15) is 8.42 Å². The number of carbonyl (C=O) groups excluding carboxylic acids is 4. The number of halogens is 1. The summed E-state index contributed by atoms with van der Waals surface area (Å²) in [7, 11) is -2.71. The maximum absolute atomic E-state index is 12.9. The predicted octanol–water partition coefficient (Wildman–Crippen LogP) is 7.79. The minimum absolute atomic E-state index is 0.0741. The Morgan fingerprint density at radius 1 is 0.985 bits per heavy atom. The minimum atomic E-state index is -4.00. The highest BCUT2D eigenvalue weighted by Crippen LogP contribution is 2.46. The zero-order chi connectivity index (χ0) is 50.3. The number of esters is 4. The van der Waals surface area contributed by atoms with Crippen molar-refractivity contribution < 1.29 is 60.9 Å². The first-order valence-corrected chi connectivity index (χ1v) is 25.0. The summed E-state index contributed by atoms with van der Waals surface area (Å²) < 4.78 is 56.6. The van der Waals surface area contributed by atoms with Crippen molar-refractivity contribution in [1.82, 2.24) is 5.32 Å². The molecule has 374 valence electrons. The number of rotatable bonds is 15. The summed E-state index contributed by atoms with van der Waals surface area (Å²) in [5, 5.41) is 13.4. The molecule has 5 N–H and O–H groups in total. The number of nitrogens with one attached hydrogen (secondary N) is 1. The van der Waals surface area contributed by atoms with Gasteiger partial charge in [0.1, 0.15) is 12.2 Å². The molecule has 2 aromatic rings. The molecule has 0 spiro atoms. The lowest BCUT2D eigenvalue weighted by atomic mass is 9.65. The van der Waals surface area contributed by atoms with E-state index in [0.717, 1.165) is 25.7 Å². The quantitative estimate of drug-likeness (QED) is 0.0578. The molecule has 1 unspecified atom stereocenters. The highest BCUT2D eigenvalue weighted by molar-refractivity contribution is 7.85. The number of fused-ring (bicyclic) bond motifs is 1. The van der Waals surface area contributed by atoms with E-state index in [1.807, 2.05) is 20.8 Å². The molecule has 0 radical (unpaired) electrons. The molecule has 1 fully saturated rings. The molecule has 15 nitrogen and oxygen atoms in total. The second kappa shape index (κ2) is 25.7. The van der Waals surface area contributed by atoms with Crippen LogP contribution in [-0.2, 0) is 53.0 Å². The van der Waals surface area contributed by atoms with Gasteiger partial charge in [-0.3, -0.25) is 14.1 Å². The van der Waals surface area contributed by atoms with E-state index in [1.165, 1.54) is 24.8 Å². The SMILES string of the molecule is CCC(C)(C)C(=O)O[C@H]1C[C@@H](C)C=C2C=C[C@H](C)[C@H](CC[C@@H]3C[C@@H](O)CC(=O)O3)[C@H]21.CCOC(=O)C1=C(COCCN)NC(C)=C(C(=O)OC)C1c1ccccc1Cl.O=S(=O)(O)c1ccccc1. The molecule has 0 aromatic heterocycles. The fourth-order valence-corrected chi connectivity index (χ4v) is 9.54.